The molecule has 0 fully saturated rings. The Morgan fingerprint density at radius 2 is 2.00 bits per heavy atom. The molecular weight excluding hydrogens is 160 g/mol. The second-order valence-electron chi connectivity index (χ2n) is 4.50. The van der Waals surface area contributed by atoms with Crippen molar-refractivity contribution in [3.05, 3.63) is 34.9 Å². The highest BCUT2D eigenvalue weighted by Crippen LogP contribution is 2.37. The topological polar surface area (TPSA) is 17.1 Å². The number of rotatable bonds is 0. The molecule has 0 bridgehead atoms. The molecule has 1 aromatic rings. The number of ketones is 1. The summed E-state index contributed by atoms with van der Waals surface area (Å²) >= 11 is 0. The molecule has 0 saturated heterocycles. The minimum atomic E-state index is -0.186. The fourth-order valence-electron chi connectivity index (χ4n) is 2.10. The van der Waals surface area contributed by atoms with Gasteiger partial charge in [0.25, 0.3) is 0 Å². The van der Waals surface area contributed by atoms with Crippen LogP contribution in [0.5, 0.6) is 0 Å². The van der Waals surface area contributed by atoms with Gasteiger partial charge < -0.3 is 0 Å². The molecule has 68 valence electrons. The van der Waals surface area contributed by atoms with Gasteiger partial charge in [-0.15, -0.1) is 0 Å². The average Bonchev–Trinajstić information content (AvgIpc) is 2.24. The lowest BCUT2D eigenvalue weighted by Gasteiger charge is -2.13. The van der Waals surface area contributed by atoms with Gasteiger partial charge in [-0.05, 0) is 24.5 Å². The first-order valence-corrected chi connectivity index (χ1v) is 4.66. The molecule has 1 nitrogen and oxygen atoms in total. The summed E-state index contributed by atoms with van der Waals surface area (Å²) in [5.74, 6) is 0.306. The predicted molar refractivity (Wildman–Crippen MR) is 53.0 cm³/mol. The number of Topliss-reactive ketones (excluding diaryl/α,β-unsaturated/α-hetero) is 1. The van der Waals surface area contributed by atoms with Crippen LogP contribution in [0.4, 0.5) is 0 Å². The van der Waals surface area contributed by atoms with E-state index >= 15 is 0 Å². The van der Waals surface area contributed by atoms with Crippen LogP contribution in [0, 0.1) is 12.3 Å². The number of fused-ring (bicyclic) bond motifs is 1. The Morgan fingerprint density at radius 3 is 2.62 bits per heavy atom. The molecule has 0 heterocycles. The van der Waals surface area contributed by atoms with Crippen LogP contribution in [0.3, 0.4) is 0 Å². The number of carbonyl (C=O) groups excluding carboxylic acids is 1. The van der Waals surface area contributed by atoms with Gasteiger partial charge in [0.2, 0.25) is 0 Å². The first kappa shape index (κ1) is 8.49. The van der Waals surface area contributed by atoms with Gasteiger partial charge in [0.1, 0.15) is 0 Å². The molecule has 0 unspecified atom stereocenters. The van der Waals surface area contributed by atoms with Crippen LogP contribution in [-0.4, -0.2) is 5.78 Å². The lowest BCUT2D eigenvalue weighted by molar-refractivity contribution is 0.0863. The number of benzene rings is 1. The van der Waals surface area contributed by atoms with Gasteiger partial charge in [-0.2, -0.15) is 0 Å². The monoisotopic (exact) mass is 174 g/mol. The third-order valence-electron chi connectivity index (χ3n) is 2.83. The van der Waals surface area contributed by atoms with Crippen LogP contribution >= 0.6 is 0 Å². The standard InChI is InChI=1S/C12H14O/c1-8-5-4-6-9-7-12(2,3)11(13)10(8)9/h4-6H,7H2,1-3H3. The minimum Gasteiger partial charge on any atom is -0.294 e. The van der Waals surface area contributed by atoms with Crippen LogP contribution < -0.4 is 0 Å². The molecule has 0 radical (unpaired) electrons. The van der Waals surface area contributed by atoms with Crippen molar-refractivity contribution in [3.8, 4) is 0 Å². The van der Waals surface area contributed by atoms with Crippen molar-refractivity contribution < 1.29 is 4.79 Å². The van der Waals surface area contributed by atoms with Gasteiger partial charge in [-0.3, -0.25) is 4.79 Å². The van der Waals surface area contributed by atoms with E-state index in [2.05, 4.69) is 6.07 Å². The Balaban J connectivity index is 2.64. The molecule has 13 heavy (non-hydrogen) atoms. The highest BCUT2D eigenvalue weighted by atomic mass is 16.1. The van der Waals surface area contributed by atoms with E-state index in [1.54, 1.807) is 0 Å². The Bertz CT molecular complexity index is 375. The summed E-state index contributed by atoms with van der Waals surface area (Å²) in [5.41, 5.74) is 3.12. The zero-order valence-corrected chi connectivity index (χ0v) is 8.35. The van der Waals surface area contributed by atoms with Gasteiger partial charge in [-0.1, -0.05) is 32.0 Å². The van der Waals surface area contributed by atoms with Crippen molar-refractivity contribution >= 4 is 5.78 Å². The first-order valence-electron chi connectivity index (χ1n) is 4.66. The Kier molecular flexibility index (Phi) is 1.59. The summed E-state index contributed by atoms with van der Waals surface area (Å²) in [6, 6.07) is 6.11. The summed E-state index contributed by atoms with van der Waals surface area (Å²) < 4.78 is 0. The van der Waals surface area contributed by atoms with Crippen molar-refractivity contribution in [2.75, 3.05) is 0 Å². The normalized spacial score (nSPS) is 18.8. The summed E-state index contributed by atoms with van der Waals surface area (Å²) in [6.45, 7) is 6.06. The maximum Gasteiger partial charge on any atom is 0.169 e. The van der Waals surface area contributed by atoms with Gasteiger partial charge in [0, 0.05) is 11.0 Å². The summed E-state index contributed by atoms with van der Waals surface area (Å²) in [6.07, 6.45) is 0.892. The van der Waals surface area contributed by atoms with Gasteiger partial charge in [0.05, 0.1) is 0 Å². The zero-order chi connectivity index (χ0) is 9.64. The molecule has 1 aliphatic carbocycles. The molecule has 0 atom stereocenters. The van der Waals surface area contributed by atoms with Crippen molar-refractivity contribution in [3.63, 3.8) is 0 Å². The highest BCUT2D eigenvalue weighted by molar-refractivity contribution is 6.05. The van der Waals surface area contributed by atoms with E-state index in [9.17, 15) is 4.79 Å². The Morgan fingerprint density at radius 1 is 1.31 bits per heavy atom. The molecule has 1 aromatic carbocycles. The number of hydrogen-bond acceptors (Lipinski definition) is 1. The minimum absolute atomic E-state index is 0.186. The van der Waals surface area contributed by atoms with Crippen LogP contribution in [0.15, 0.2) is 18.2 Å². The Labute approximate surface area is 78.8 Å². The Hall–Kier alpha value is -1.11. The van der Waals surface area contributed by atoms with Crippen LogP contribution in [0.25, 0.3) is 0 Å². The summed E-state index contributed by atoms with van der Waals surface area (Å²) in [7, 11) is 0. The van der Waals surface area contributed by atoms with Gasteiger partial charge in [-0.25, -0.2) is 0 Å². The third-order valence-corrected chi connectivity index (χ3v) is 2.83. The molecule has 1 heteroatoms. The molecular formula is C12H14O. The van der Waals surface area contributed by atoms with Gasteiger partial charge >= 0.3 is 0 Å². The average molecular weight is 174 g/mol. The quantitative estimate of drug-likeness (QED) is 0.591. The largest absolute Gasteiger partial charge is 0.294 e. The number of hydrogen-bond donors (Lipinski definition) is 0. The van der Waals surface area contributed by atoms with Crippen molar-refractivity contribution in [1.29, 1.82) is 0 Å². The summed E-state index contributed by atoms with van der Waals surface area (Å²) in [4.78, 5) is 11.9. The molecule has 1 aliphatic rings. The molecule has 0 aliphatic heterocycles. The maximum absolute atomic E-state index is 11.9. The van der Waals surface area contributed by atoms with E-state index in [-0.39, 0.29) is 5.41 Å². The SMILES string of the molecule is Cc1cccc2c1C(=O)C(C)(C)C2. The molecule has 0 amide bonds. The van der Waals surface area contributed by atoms with Crippen LogP contribution in [0.1, 0.15) is 35.3 Å². The molecule has 0 aromatic heterocycles. The van der Waals surface area contributed by atoms with E-state index in [1.165, 1.54) is 5.56 Å². The zero-order valence-electron chi connectivity index (χ0n) is 8.35. The van der Waals surface area contributed by atoms with E-state index in [0.717, 1.165) is 17.5 Å². The lowest BCUT2D eigenvalue weighted by Crippen LogP contribution is -2.19. The molecule has 2 rings (SSSR count). The smallest absolute Gasteiger partial charge is 0.169 e. The predicted octanol–water partition coefficient (Wildman–Crippen LogP) is 2.76. The second kappa shape index (κ2) is 2.44. The van der Waals surface area contributed by atoms with Crippen molar-refractivity contribution in [1.82, 2.24) is 0 Å². The van der Waals surface area contributed by atoms with Crippen LogP contribution in [0.2, 0.25) is 0 Å². The number of carbonyl (C=O) groups is 1. The molecule has 0 spiro atoms. The molecule has 0 N–H and O–H groups in total. The first-order chi connectivity index (χ1) is 6.02. The maximum atomic E-state index is 11.9. The fraction of sp³-hybridized carbons (Fsp3) is 0.417. The van der Waals surface area contributed by atoms with Crippen molar-refractivity contribution in [2.45, 2.75) is 27.2 Å². The van der Waals surface area contributed by atoms with E-state index in [4.69, 9.17) is 0 Å². The highest BCUT2D eigenvalue weighted by Gasteiger charge is 2.37. The van der Waals surface area contributed by atoms with E-state index < -0.39 is 0 Å². The molecule has 0 saturated carbocycles. The van der Waals surface area contributed by atoms with Crippen molar-refractivity contribution in [2.24, 2.45) is 5.41 Å². The summed E-state index contributed by atoms with van der Waals surface area (Å²) in [5, 5.41) is 0. The number of aryl methyl sites for hydroxylation is 1. The van der Waals surface area contributed by atoms with Gasteiger partial charge in [0.15, 0.2) is 5.78 Å². The van der Waals surface area contributed by atoms with E-state index in [0.29, 0.717) is 5.78 Å². The van der Waals surface area contributed by atoms with Crippen LogP contribution in [-0.2, 0) is 6.42 Å². The second-order valence-corrected chi connectivity index (χ2v) is 4.50. The third kappa shape index (κ3) is 1.11. The lowest BCUT2D eigenvalue weighted by atomic mass is 9.88. The fourth-order valence-corrected chi connectivity index (χ4v) is 2.10. The van der Waals surface area contributed by atoms with E-state index in [1.807, 2.05) is 32.9 Å².